The van der Waals surface area contributed by atoms with Crippen LogP contribution in [0.15, 0.2) is 71.6 Å². The highest BCUT2D eigenvalue weighted by molar-refractivity contribution is 7.89. The van der Waals surface area contributed by atoms with Gasteiger partial charge in [-0.15, -0.1) is 0 Å². The summed E-state index contributed by atoms with van der Waals surface area (Å²) in [6.07, 6.45) is 0. The molecule has 0 unspecified atom stereocenters. The third-order valence-electron chi connectivity index (χ3n) is 5.47. The van der Waals surface area contributed by atoms with Gasteiger partial charge in [-0.25, -0.2) is 8.42 Å². The molecule has 0 aromatic heterocycles. The van der Waals surface area contributed by atoms with Crippen molar-refractivity contribution in [2.24, 2.45) is 0 Å². The fourth-order valence-corrected chi connectivity index (χ4v) is 5.27. The number of carbonyl (C=O) groups is 1. The number of rotatable bonds is 5. The molecule has 158 valence electrons. The standard InChI is InChI=1S/C23H22N4O3S/c24-16-18-4-3-7-21(14-18)25-23(28)17-26-10-12-27(13-11-26)31(29,30)22-9-8-19-5-1-2-6-20(19)15-22/h1-9,14-15H,10-13,17H2,(H,25,28)/p+1. The van der Waals surface area contributed by atoms with Crippen LogP contribution in [-0.2, 0) is 14.8 Å². The van der Waals surface area contributed by atoms with Crippen molar-refractivity contribution < 1.29 is 18.1 Å². The first-order chi connectivity index (χ1) is 15.0. The monoisotopic (exact) mass is 435 g/mol. The van der Waals surface area contributed by atoms with Crippen LogP contribution in [0.25, 0.3) is 10.8 Å². The molecule has 1 fully saturated rings. The maximum Gasteiger partial charge on any atom is 0.279 e. The fourth-order valence-electron chi connectivity index (χ4n) is 3.80. The van der Waals surface area contributed by atoms with Crippen molar-refractivity contribution in [1.29, 1.82) is 5.26 Å². The number of carbonyl (C=O) groups excluding carboxylic acids is 1. The average molecular weight is 436 g/mol. The molecule has 4 rings (SSSR count). The zero-order chi connectivity index (χ0) is 21.8. The number of benzene rings is 3. The van der Waals surface area contributed by atoms with Crippen molar-refractivity contribution in [2.75, 3.05) is 38.0 Å². The molecule has 0 bridgehead atoms. The van der Waals surface area contributed by atoms with Crippen LogP contribution in [0.2, 0.25) is 0 Å². The number of hydrogen-bond donors (Lipinski definition) is 2. The van der Waals surface area contributed by atoms with Crippen molar-refractivity contribution in [3.63, 3.8) is 0 Å². The summed E-state index contributed by atoms with van der Waals surface area (Å²) in [6, 6.07) is 21.7. The third kappa shape index (κ3) is 4.75. The first kappa shape index (κ1) is 21.0. The molecule has 1 aliphatic rings. The molecule has 0 saturated carbocycles. The number of nitriles is 1. The Morgan fingerprint density at radius 2 is 1.74 bits per heavy atom. The molecule has 1 amide bonds. The average Bonchev–Trinajstić information content (AvgIpc) is 2.79. The van der Waals surface area contributed by atoms with E-state index in [-0.39, 0.29) is 12.5 Å². The van der Waals surface area contributed by atoms with E-state index in [0.717, 1.165) is 15.7 Å². The second-order valence-electron chi connectivity index (χ2n) is 7.58. The van der Waals surface area contributed by atoms with Crippen molar-refractivity contribution in [1.82, 2.24) is 4.31 Å². The van der Waals surface area contributed by atoms with Gasteiger partial charge < -0.3 is 10.2 Å². The van der Waals surface area contributed by atoms with Crippen LogP contribution in [0.5, 0.6) is 0 Å². The van der Waals surface area contributed by atoms with Crippen LogP contribution in [0.4, 0.5) is 5.69 Å². The van der Waals surface area contributed by atoms with Crippen LogP contribution < -0.4 is 10.2 Å². The number of hydrogen-bond acceptors (Lipinski definition) is 4. The van der Waals surface area contributed by atoms with E-state index < -0.39 is 10.0 Å². The molecule has 0 radical (unpaired) electrons. The minimum Gasteiger partial charge on any atom is -0.325 e. The first-order valence-corrected chi connectivity index (χ1v) is 11.5. The Morgan fingerprint density at radius 3 is 2.48 bits per heavy atom. The van der Waals surface area contributed by atoms with Crippen molar-refractivity contribution in [2.45, 2.75) is 4.90 Å². The summed E-state index contributed by atoms with van der Waals surface area (Å²) in [6.45, 7) is 2.08. The highest BCUT2D eigenvalue weighted by atomic mass is 32.2. The predicted octanol–water partition coefficient (Wildman–Crippen LogP) is 1.24. The van der Waals surface area contributed by atoms with Gasteiger partial charge in [0.05, 0.1) is 42.7 Å². The minimum absolute atomic E-state index is 0.157. The molecule has 1 heterocycles. The highest BCUT2D eigenvalue weighted by Gasteiger charge is 2.31. The molecular formula is C23H23N4O3S+. The van der Waals surface area contributed by atoms with E-state index in [2.05, 4.69) is 5.32 Å². The Morgan fingerprint density at radius 1 is 1.00 bits per heavy atom. The maximum atomic E-state index is 13.1. The van der Waals surface area contributed by atoms with Gasteiger partial charge in [0.2, 0.25) is 10.0 Å². The molecule has 8 heteroatoms. The summed E-state index contributed by atoms with van der Waals surface area (Å²) in [5.41, 5.74) is 1.07. The Hall–Kier alpha value is -3.25. The smallest absolute Gasteiger partial charge is 0.279 e. The Balaban J connectivity index is 1.36. The first-order valence-electron chi connectivity index (χ1n) is 10.1. The predicted molar refractivity (Wildman–Crippen MR) is 118 cm³/mol. The molecule has 2 N–H and O–H groups in total. The lowest BCUT2D eigenvalue weighted by Crippen LogP contribution is -3.15. The summed E-state index contributed by atoms with van der Waals surface area (Å²) in [5.74, 6) is -0.157. The molecule has 0 atom stereocenters. The van der Waals surface area contributed by atoms with E-state index >= 15 is 0 Å². The van der Waals surface area contributed by atoms with Crippen LogP contribution in [0.1, 0.15) is 5.56 Å². The Bertz CT molecular complexity index is 1260. The zero-order valence-electron chi connectivity index (χ0n) is 16.9. The van der Waals surface area contributed by atoms with Gasteiger partial charge in [0.1, 0.15) is 0 Å². The molecular weight excluding hydrogens is 412 g/mol. The van der Waals surface area contributed by atoms with Gasteiger partial charge in [-0.3, -0.25) is 4.79 Å². The largest absolute Gasteiger partial charge is 0.325 e. The van der Waals surface area contributed by atoms with Crippen molar-refractivity contribution >= 4 is 32.4 Å². The topological polar surface area (TPSA) is 94.7 Å². The summed E-state index contributed by atoms with van der Waals surface area (Å²) >= 11 is 0. The normalized spacial score (nSPS) is 15.5. The number of fused-ring (bicyclic) bond motifs is 1. The SMILES string of the molecule is N#Cc1cccc(NC(=O)C[NH+]2CCN(S(=O)(=O)c3ccc4ccccc4c3)CC2)c1. The van der Waals surface area contributed by atoms with Crippen molar-refractivity contribution in [3.8, 4) is 6.07 Å². The molecule has 31 heavy (non-hydrogen) atoms. The number of piperazine rings is 1. The summed E-state index contributed by atoms with van der Waals surface area (Å²) in [7, 11) is -3.57. The number of nitrogens with one attached hydrogen (secondary N) is 2. The van der Waals surface area contributed by atoms with Crippen LogP contribution in [0.3, 0.4) is 0 Å². The van der Waals surface area contributed by atoms with E-state index in [4.69, 9.17) is 5.26 Å². The van der Waals surface area contributed by atoms with Crippen molar-refractivity contribution in [3.05, 3.63) is 72.3 Å². The lowest BCUT2D eigenvalue weighted by atomic mass is 10.1. The van der Waals surface area contributed by atoms with E-state index in [9.17, 15) is 13.2 Å². The molecule has 3 aromatic rings. The molecule has 0 aliphatic carbocycles. The van der Waals surface area contributed by atoms with Gasteiger partial charge in [-0.1, -0.05) is 36.4 Å². The molecule has 0 spiro atoms. The van der Waals surface area contributed by atoms with Crippen LogP contribution in [-0.4, -0.2) is 51.4 Å². The lowest BCUT2D eigenvalue weighted by Gasteiger charge is -2.31. The van der Waals surface area contributed by atoms with Gasteiger partial charge in [-0.05, 0) is 41.1 Å². The minimum atomic E-state index is -3.57. The van der Waals surface area contributed by atoms with Gasteiger partial charge in [0, 0.05) is 5.69 Å². The lowest BCUT2D eigenvalue weighted by molar-refractivity contribution is -0.895. The van der Waals surface area contributed by atoms with E-state index in [0.29, 0.717) is 42.3 Å². The van der Waals surface area contributed by atoms with E-state index in [1.165, 1.54) is 4.31 Å². The number of anilines is 1. The van der Waals surface area contributed by atoms with E-state index in [1.807, 2.05) is 36.4 Å². The fraction of sp³-hybridized carbons (Fsp3) is 0.217. The van der Waals surface area contributed by atoms with Gasteiger partial charge in [0.25, 0.3) is 5.91 Å². The summed E-state index contributed by atoms with van der Waals surface area (Å²) in [5, 5.41) is 13.7. The maximum absolute atomic E-state index is 13.1. The molecule has 7 nitrogen and oxygen atoms in total. The molecule has 3 aromatic carbocycles. The summed E-state index contributed by atoms with van der Waals surface area (Å²) in [4.78, 5) is 13.7. The van der Waals surface area contributed by atoms with Crippen LogP contribution in [0, 0.1) is 11.3 Å². The highest BCUT2D eigenvalue weighted by Crippen LogP contribution is 2.21. The third-order valence-corrected chi connectivity index (χ3v) is 7.37. The number of nitrogens with zero attached hydrogens (tertiary/aromatic N) is 2. The Labute approximate surface area is 181 Å². The Kier molecular flexibility index (Phi) is 6.00. The molecule has 1 aliphatic heterocycles. The second kappa shape index (κ2) is 8.86. The van der Waals surface area contributed by atoms with Gasteiger partial charge >= 0.3 is 0 Å². The van der Waals surface area contributed by atoms with E-state index in [1.54, 1.807) is 36.4 Å². The number of quaternary nitrogens is 1. The van der Waals surface area contributed by atoms with Crippen LogP contribution >= 0.6 is 0 Å². The molecule has 1 saturated heterocycles. The summed E-state index contributed by atoms with van der Waals surface area (Å²) < 4.78 is 27.6. The van der Waals surface area contributed by atoms with Gasteiger partial charge in [-0.2, -0.15) is 9.57 Å². The van der Waals surface area contributed by atoms with Gasteiger partial charge in [0.15, 0.2) is 6.54 Å². The second-order valence-corrected chi connectivity index (χ2v) is 9.52. The zero-order valence-corrected chi connectivity index (χ0v) is 17.7. The number of amides is 1. The number of sulfonamides is 1. The quantitative estimate of drug-likeness (QED) is 0.631.